The first-order chi connectivity index (χ1) is 16.1. The lowest BCUT2D eigenvalue weighted by Gasteiger charge is -2.18. The maximum Gasteiger partial charge on any atom is 0.188 e. The van der Waals surface area contributed by atoms with Gasteiger partial charge in [0.15, 0.2) is 6.79 Å². The SMILES string of the molecule is COCOc1ccc(Cc2c(C)cc(OCc3ccccc3)c(C)c2C)nc1C1=CCCC1. The molecule has 2 aromatic carbocycles. The fourth-order valence-electron chi connectivity index (χ4n) is 4.38. The zero-order valence-corrected chi connectivity index (χ0v) is 20.1. The lowest BCUT2D eigenvalue weighted by molar-refractivity contribution is 0.0506. The van der Waals surface area contributed by atoms with Crippen LogP contribution in [0.4, 0.5) is 0 Å². The Bertz CT molecular complexity index is 1140. The van der Waals surface area contributed by atoms with Crippen molar-refractivity contribution in [1.29, 1.82) is 0 Å². The van der Waals surface area contributed by atoms with Crippen molar-refractivity contribution in [2.45, 2.75) is 53.1 Å². The van der Waals surface area contributed by atoms with Crippen LogP contribution in [0.2, 0.25) is 0 Å². The third kappa shape index (κ3) is 5.45. The number of rotatable bonds is 9. The molecule has 4 heteroatoms. The molecule has 4 nitrogen and oxygen atoms in total. The Morgan fingerprint density at radius 1 is 0.909 bits per heavy atom. The summed E-state index contributed by atoms with van der Waals surface area (Å²) >= 11 is 0. The van der Waals surface area contributed by atoms with Crippen molar-refractivity contribution in [3.05, 3.63) is 93.8 Å². The number of allylic oxidation sites excluding steroid dienone is 2. The molecule has 33 heavy (non-hydrogen) atoms. The van der Waals surface area contributed by atoms with Crippen LogP contribution in [-0.2, 0) is 17.8 Å². The Morgan fingerprint density at radius 3 is 2.45 bits per heavy atom. The maximum atomic E-state index is 6.18. The van der Waals surface area contributed by atoms with Crippen LogP contribution in [0.3, 0.4) is 0 Å². The molecule has 0 saturated carbocycles. The van der Waals surface area contributed by atoms with Crippen LogP contribution in [0.1, 0.15) is 58.5 Å². The molecule has 0 aliphatic heterocycles. The highest BCUT2D eigenvalue weighted by atomic mass is 16.7. The molecular formula is C29H33NO3. The van der Waals surface area contributed by atoms with Crippen LogP contribution in [-0.4, -0.2) is 18.9 Å². The minimum Gasteiger partial charge on any atom is -0.489 e. The van der Waals surface area contributed by atoms with Crippen LogP contribution in [0.15, 0.2) is 54.6 Å². The zero-order valence-electron chi connectivity index (χ0n) is 20.1. The summed E-state index contributed by atoms with van der Waals surface area (Å²) < 4.78 is 17.1. The predicted octanol–water partition coefficient (Wildman–Crippen LogP) is 6.73. The molecule has 0 N–H and O–H groups in total. The van der Waals surface area contributed by atoms with Crippen LogP contribution >= 0.6 is 0 Å². The number of hydrogen-bond acceptors (Lipinski definition) is 4. The van der Waals surface area contributed by atoms with Gasteiger partial charge in [-0.05, 0) is 91.6 Å². The minimum atomic E-state index is 0.225. The van der Waals surface area contributed by atoms with E-state index >= 15 is 0 Å². The summed E-state index contributed by atoms with van der Waals surface area (Å²) in [6.45, 7) is 7.28. The monoisotopic (exact) mass is 443 g/mol. The van der Waals surface area contributed by atoms with Crippen LogP contribution < -0.4 is 9.47 Å². The first-order valence-electron chi connectivity index (χ1n) is 11.6. The van der Waals surface area contributed by atoms with E-state index in [0.717, 1.165) is 42.1 Å². The normalized spacial score (nSPS) is 13.2. The van der Waals surface area contributed by atoms with E-state index in [1.807, 2.05) is 24.3 Å². The lowest BCUT2D eigenvalue weighted by atomic mass is 9.93. The van der Waals surface area contributed by atoms with Gasteiger partial charge in [-0.3, -0.25) is 0 Å². The summed E-state index contributed by atoms with van der Waals surface area (Å²) in [5.41, 5.74) is 9.44. The van der Waals surface area contributed by atoms with Gasteiger partial charge in [-0.25, -0.2) is 4.98 Å². The number of nitrogens with zero attached hydrogens (tertiary/aromatic N) is 1. The molecule has 0 bridgehead atoms. The van der Waals surface area contributed by atoms with E-state index in [1.54, 1.807) is 7.11 Å². The van der Waals surface area contributed by atoms with Crippen LogP contribution in [0.25, 0.3) is 5.57 Å². The lowest BCUT2D eigenvalue weighted by Crippen LogP contribution is -2.06. The van der Waals surface area contributed by atoms with Crippen molar-refractivity contribution in [3.63, 3.8) is 0 Å². The van der Waals surface area contributed by atoms with Gasteiger partial charge in [-0.2, -0.15) is 0 Å². The van der Waals surface area contributed by atoms with E-state index in [4.69, 9.17) is 19.2 Å². The average molecular weight is 444 g/mol. The largest absolute Gasteiger partial charge is 0.489 e. The molecule has 1 aliphatic carbocycles. The topological polar surface area (TPSA) is 40.6 Å². The summed E-state index contributed by atoms with van der Waals surface area (Å²) in [6, 6.07) is 16.6. The number of aryl methyl sites for hydroxylation is 1. The van der Waals surface area contributed by atoms with Crippen molar-refractivity contribution >= 4 is 5.57 Å². The van der Waals surface area contributed by atoms with Crippen molar-refractivity contribution in [2.75, 3.05) is 13.9 Å². The second kappa shape index (κ2) is 10.7. The summed E-state index contributed by atoms with van der Waals surface area (Å²) in [5, 5.41) is 0. The second-order valence-corrected chi connectivity index (χ2v) is 8.69. The molecule has 172 valence electrons. The number of hydrogen-bond donors (Lipinski definition) is 0. The standard InChI is InChI=1S/C29H33NO3/c1-20-16-28(32-18-23-10-6-5-7-11-23)22(3)21(2)26(20)17-25-14-15-27(33-19-31-4)29(30-25)24-12-8-9-13-24/h5-7,10-12,14-16H,8-9,13,17-19H2,1-4H3. The molecule has 0 amide bonds. The van der Waals surface area contributed by atoms with E-state index in [0.29, 0.717) is 6.61 Å². The van der Waals surface area contributed by atoms with Gasteiger partial charge in [0.1, 0.15) is 23.8 Å². The highest BCUT2D eigenvalue weighted by Gasteiger charge is 2.17. The molecule has 0 spiro atoms. The Balaban J connectivity index is 1.58. The van der Waals surface area contributed by atoms with Gasteiger partial charge >= 0.3 is 0 Å². The Kier molecular flexibility index (Phi) is 7.46. The van der Waals surface area contributed by atoms with Gasteiger partial charge in [0, 0.05) is 19.2 Å². The summed E-state index contributed by atoms with van der Waals surface area (Å²) in [4.78, 5) is 5.03. The van der Waals surface area contributed by atoms with E-state index < -0.39 is 0 Å². The quantitative estimate of drug-likeness (QED) is 0.344. The number of pyridine rings is 1. The van der Waals surface area contributed by atoms with Gasteiger partial charge in [0.2, 0.25) is 0 Å². The molecule has 0 radical (unpaired) electrons. The first-order valence-corrected chi connectivity index (χ1v) is 11.6. The molecule has 0 fully saturated rings. The first kappa shape index (κ1) is 23.1. The predicted molar refractivity (Wildman–Crippen MR) is 133 cm³/mol. The number of methoxy groups -OCH3 is 1. The number of aromatic nitrogens is 1. The van der Waals surface area contributed by atoms with Gasteiger partial charge in [-0.1, -0.05) is 36.4 Å². The van der Waals surface area contributed by atoms with E-state index in [9.17, 15) is 0 Å². The summed E-state index contributed by atoms with van der Waals surface area (Å²) in [6.07, 6.45) is 6.39. The average Bonchev–Trinajstić information content (AvgIpc) is 3.38. The highest BCUT2D eigenvalue weighted by molar-refractivity contribution is 5.69. The highest BCUT2D eigenvalue weighted by Crippen LogP contribution is 2.34. The Labute approximate surface area is 197 Å². The molecule has 3 aromatic rings. The molecular weight excluding hydrogens is 410 g/mol. The molecule has 0 atom stereocenters. The van der Waals surface area contributed by atoms with Gasteiger partial charge in [-0.15, -0.1) is 0 Å². The zero-order chi connectivity index (χ0) is 23.2. The van der Waals surface area contributed by atoms with E-state index in [2.05, 4.69) is 51.1 Å². The Morgan fingerprint density at radius 2 is 1.73 bits per heavy atom. The van der Waals surface area contributed by atoms with E-state index in [-0.39, 0.29) is 6.79 Å². The Hall–Kier alpha value is -3.11. The minimum absolute atomic E-state index is 0.225. The third-order valence-electron chi connectivity index (χ3n) is 6.40. The van der Waals surface area contributed by atoms with Gasteiger partial charge < -0.3 is 14.2 Å². The summed E-state index contributed by atoms with van der Waals surface area (Å²) in [5.74, 6) is 1.74. The van der Waals surface area contributed by atoms with Crippen molar-refractivity contribution < 1.29 is 14.2 Å². The van der Waals surface area contributed by atoms with E-state index in [1.165, 1.54) is 39.8 Å². The van der Waals surface area contributed by atoms with Crippen molar-refractivity contribution in [3.8, 4) is 11.5 Å². The van der Waals surface area contributed by atoms with Gasteiger partial charge in [0.25, 0.3) is 0 Å². The molecule has 0 unspecified atom stereocenters. The van der Waals surface area contributed by atoms with Crippen molar-refractivity contribution in [2.24, 2.45) is 0 Å². The molecule has 1 aromatic heterocycles. The second-order valence-electron chi connectivity index (χ2n) is 8.69. The van der Waals surface area contributed by atoms with Crippen LogP contribution in [0, 0.1) is 20.8 Å². The molecule has 1 heterocycles. The molecule has 4 rings (SSSR count). The fraction of sp³-hybridized carbons (Fsp3) is 0.345. The van der Waals surface area contributed by atoms with Gasteiger partial charge in [0.05, 0.1) is 0 Å². The van der Waals surface area contributed by atoms with Crippen LogP contribution in [0.5, 0.6) is 11.5 Å². The smallest absolute Gasteiger partial charge is 0.188 e. The summed E-state index contributed by atoms with van der Waals surface area (Å²) in [7, 11) is 1.64. The number of benzene rings is 2. The number of ether oxygens (including phenoxy) is 3. The third-order valence-corrected chi connectivity index (χ3v) is 6.40. The van der Waals surface area contributed by atoms with Crippen molar-refractivity contribution in [1.82, 2.24) is 4.98 Å². The molecule has 1 aliphatic rings. The maximum absolute atomic E-state index is 6.18. The fourth-order valence-corrected chi connectivity index (χ4v) is 4.38. The molecule has 0 saturated heterocycles.